The molecule has 1 atom stereocenters. The van der Waals surface area contributed by atoms with E-state index in [-0.39, 0.29) is 11.7 Å². The predicted molar refractivity (Wildman–Crippen MR) is 50.5 cm³/mol. The van der Waals surface area contributed by atoms with Crippen LogP contribution < -0.4 is 5.73 Å². The summed E-state index contributed by atoms with van der Waals surface area (Å²) < 4.78 is 12.5. The van der Waals surface area contributed by atoms with Gasteiger partial charge in [-0.05, 0) is 30.7 Å². The zero-order chi connectivity index (χ0) is 9.68. The van der Waals surface area contributed by atoms with Gasteiger partial charge in [0, 0.05) is 5.92 Å². The molecule has 13 heavy (non-hydrogen) atoms. The van der Waals surface area contributed by atoms with Crippen LogP contribution in [0.15, 0.2) is 24.3 Å². The van der Waals surface area contributed by atoms with Crippen LogP contribution in [0, 0.1) is 0 Å². The molecular formula is C10H14FNO. The van der Waals surface area contributed by atoms with Gasteiger partial charge < -0.3 is 10.8 Å². The van der Waals surface area contributed by atoms with Gasteiger partial charge in [-0.1, -0.05) is 12.1 Å². The van der Waals surface area contributed by atoms with Crippen molar-refractivity contribution >= 4 is 0 Å². The van der Waals surface area contributed by atoms with Gasteiger partial charge in [-0.2, -0.15) is 0 Å². The standard InChI is InChI=1S/C10H14FNO/c11-7-9(5-6-12)8-1-3-10(13)4-2-8/h1-4,9,13H,5-7,12H2. The second-order valence-corrected chi connectivity index (χ2v) is 3.02. The van der Waals surface area contributed by atoms with Crippen molar-refractivity contribution in [3.05, 3.63) is 29.8 Å². The highest BCUT2D eigenvalue weighted by atomic mass is 19.1. The van der Waals surface area contributed by atoms with Gasteiger partial charge in [0.2, 0.25) is 0 Å². The predicted octanol–water partition coefficient (Wildman–Crippen LogP) is 1.79. The first-order valence-corrected chi connectivity index (χ1v) is 4.33. The summed E-state index contributed by atoms with van der Waals surface area (Å²) in [5.74, 6) is 0.0692. The molecule has 0 saturated carbocycles. The smallest absolute Gasteiger partial charge is 0.115 e. The number of phenolic OH excluding ortho intramolecular Hbond substituents is 1. The second-order valence-electron chi connectivity index (χ2n) is 3.02. The Morgan fingerprint density at radius 2 is 1.92 bits per heavy atom. The summed E-state index contributed by atoms with van der Waals surface area (Å²) in [6.45, 7) is 0.0808. The molecule has 0 aliphatic rings. The third-order valence-electron chi connectivity index (χ3n) is 2.07. The van der Waals surface area contributed by atoms with Gasteiger partial charge in [0.15, 0.2) is 0 Å². The van der Waals surface area contributed by atoms with E-state index in [1.807, 2.05) is 0 Å². The number of hydrogen-bond acceptors (Lipinski definition) is 2. The maximum absolute atomic E-state index is 12.5. The molecule has 1 aromatic carbocycles. The topological polar surface area (TPSA) is 46.2 Å². The van der Waals surface area contributed by atoms with Crippen LogP contribution in [0.4, 0.5) is 4.39 Å². The zero-order valence-electron chi connectivity index (χ0n) is 7.41. The summed E-state index contributed by atoms with van der Waals surface area (Å²) >= 11 is 0. The molecule has 0 aromatic heterocycles. The molecule has 0 amide bonds. The highest BCUT2D eigenvalue weighted by Crippen LogP contribution is 2.21. The average Bonchev–Trinajstić information content (AvgIpc) is 2.16. The first-order chi connectivity index (χ1) is 6.27. The van der Waals surface area contributed by atoms with Crippen LogP contribution in [0.1, 0.15) is 17.9 Å². The number of hydrogen-bond donors (Lipinski definition) is 2. The fourth-order valence-electron chi connectivity index (χ4n) is 1.28. The number of phenols is 1. The van der Waals surface area contributed by atoms with E-state index >= 15 is 0 Å². The van der Waals surface area contributed by atoms with E-state index in [2.05, 4.69) is 0 Å². The van der Waals surface area contributed by atoms with Gasteiger partial charge in [0.05, 0.1) is 6.67 Å². The van der Waals surface area contributed by atoms with E-state index < -0.39 is 6.67 Å². The molecule has 0 aliphatic carbocycles. The molecule has 72 valence electrons. The quantitative estimate of drug-likeness (QED) is 0.747. The van der Waals surface area contributed by atoms with E-state index in [1.165, 1.54) is 0 Å². The fraction of sp³-hybridized carbons (Fsp3) is 0.400. The van der Waals surface area contributed by atoms with Crippen LogP contribution in [0.2, 0.25) is 0 Å². The molecule has 1 rings (SSSR count). The Labute approximate surface area is 77.2 Å². The molecule has 0 fully saturated rings. The SMILES string of the molecule is NCCC(CF)c1ccc(O)cc1. The van der Waals surface area contributed by atoms with Gasteiger partial charge in [-0.25, -0.2) is 0 Å². The van der Waals surface area contributed by atoms with E-state index in [4.69, 9.17) is 10.8 Å². The molecule has 1 aromatic rings. The zero-order valence-corrected chi connectivity index (χ0v) is 7.41. The number of benzene rings is 1. The van der Waals surface area contributed by atoms with E-state index in [0.717, 1.165) is 5.56 Å². The number of alkyl halides is 1. The normalized spacial score (nSPS) is 12.8. The third-order valence-corrected chi connectivity index (χ3v) is 2.07. The van der Waals surface area contributed by atoms with Gasteiger partial charge in [-0.15, -0.1) is 0 Å². The molecule has 0 saturated heterocycles. The lowest BCUT2D eigenvalue weighted by Gasteiger charge is -2.11. The van der Waals surface area contributed by atoms with Crippen molar-refractivity contribution in [2.75, 3.05) is 13.2 Å². The first-order valence-electron chi connectivity index (χ1n) is 4.33. The molecule has 1 unspecified atom stereocenters. The number of rotatable bonds is 4. The Kier molecular flexibility index (Phi) is 3.71. The van der Waals surface area contributed by atoms with Gasteiger partial charge in [0.1, 0.15) is 5.75 Å². The molecule has 0 radical (unpaired) electrons. The maximum Gasteiger partial charge on any atom is 0.115 e. The maximum atomic E-state index is 12.5. The van der Waals surface area contributed by atoms with Crippen LogP contribution >= 0.6 is 0 Å². The number of aromatic hydroxyl groups is 1. The third kappa shape index (κ3) is 2.70. The van der Waals surface area contributed by atoms with Crippen LogP contribution in [-0.2, 0) is 0 Å². The highest BCUT2D eigenvalue weighted by Gasteiger charge is 2.09. The Hall–Kier alpha value is -1.09. The van der Waals surface area contributed by atoms with Crippen molar-refractivity contribution in [1.82, 2.24) is 0 Å². The summed E-state index contributed by atoms with van der Waals surface area (Å²) in [6.07, 6.45) is 0.640. The molecule has 2 nitrogen and oxygen atoms in total. The van der Waals surface area contributed by atoms with Crippen LogP contribution in [0.25, 0.3) is 0 Å². The molecule has 3 N–H and O–H groups in total. The van der Waals surface area contributed by atoms with E-state index in [1.54, 1.807) is 24.3 Å². The van der Waals surface area contributed by atoms with E-state index in [9.17, 15) is 4.39 Å². The van der Waals surface area contributed by atoms with Crippen LogP contribution in [0.3, 0.4) is 0 Å². The summed E-state index contributed by atoms with van der Waals surface area (Å²) in [6, 6.07) is 6.59. The van der Waals surface area contributed by atoms with Gasteiger partial charge in [-0.3, -0.25) is 4.39 Å². The van der Waals surface area contributed by atoms with Crippen molar-refractivity contribution < 1.29 is 9.50 Å². The minimum atomic E-state index is -0.401. The Bertz CT molecular complexity index is 248. The molecule has 0 aliphatic heterocycles. The molecule has 0 heterocycles. The average molecular weight is 183 g/mol. The fourth-order valence-corrected chi connectivity index (χ4v) is 1.28. The monoisotopic (exact) mass is 183 g/mol. The van der Waals surface area contributed by atoms with Crippen molar-refractivity contribution in [3.63, 3.8) is 0 Å². The summed E-state index contributed by atoms with van der Waals surface area (Å²) in [4.78, 5) is 0. The molecule has 0 bridgehead atoms. The van der Waals surface area contributed by atoms with Gasteiger partial charge in [0.25, 0.3) is 0 Å². The lowest BCUT2D eigenvalue weighted by atomic mass is 9.97. The largest absolute Gasteiger partial charge is 0.508 e. The summed E-state index contributed by atoms with van der Waals surface area (Å²) in [7, 11) is 0. The van der Waals surface area contributed by atoms with Crippen molar-refractivity contribution in [3.8, 4) is 5.75 Å². The number of nitrogens with two attached hydrogens (primary N) is 1. The summed E-state index contributed by atoms with van der Waals surface area (Å²) in [5, 5.41) is 9.02. The Balaban J connectivity index is 2.73. The van der Waals surface area contributed by atoms with Gasteiger partial charge >= 0.3 is 0 Å². The highest BCUT2D eigenvalue weighted by molar-refractivity contribution is 5.28. The lowest BCUT2D eigenvalue weighted by Crippen LogP contribution is -2.08. The van der Waals surface area contributed by atoms with Crippen LogP contribution in [-0.4, -0.2) is 18.3 Å². The minimum absolute atomic E-state index is 0.134. The van der Waals surface area contributed by atoms with Crippen LogP contribution in [0.5, 0.6) is 5.75 Å². The Morgan fingerprint density at radius 3 is 2.38 bits per heavy atom. The van der Waals surface area contributed by atoms with Crippen molar-refractivity contribution in [1.29, 1.82) is 0 Å². The molecule has 3 heteroatoms. The Morgan fingerprint density at radius 1 is 1.31 bits per heavy atom. The second kappa shape index (κ2) is 4.82. The minimum Gasteiger partial charge on any atom is -0.508 e. The summed E-state index contributed by atoms with van der Waals surface area (Å²) in [5.41, 5.74) is 6.25. The molecular weight excluding hydrogens is 169 g/mol. The molecule has 0 spiro atoms. The van der Waals surface area contributed by atoms with Crippen molar-refractivity contribution in [2.24, 2.45) is 5.73 Å². The van der Waals surface area contributed by atoms with Crippen molar-refractivity contribution in [2.45, 2.75) is 12.3 Å². The lowest BCUT2D eigenvalue weighted by molar-refractivity contribution is 0.417. The number of halogens is 1. The van der Waals surface area contributed by atoms with E-state index in [0.29, 0.717) is 13.0 Å². The first kappa shape index (κ1) is 9.99.